The van der Waals surface area contributed by atoms with E-state index in [1.165, 1.54) is 0 Å². The van der Waals surface area contributed by atoms with Crippen LogP contribution in [0.5, 0.6) is 5.75 Å². The van der Waals surface area contributed by atoms with Crippen molar-refractivity contribution >= 4 is 5.97 Å². The van der Waals surface area contributed by atoms with Gasteiger partial charge in [0.05, 0.1) is 12.7 Å². The fourth-order valence-corrected chi connectivity index (χ4v) is 2.26. The molecule has 1 aromatic carbocycles. The molecule has 3 N–H and O–H groups in total. The third-order valence-electron chi connectivity index (χ3n) is 3.24. The summed E-state index contributed by atoms with van der Waals surface area (Å²) < 4.78 is 10.3. The summed E-state index contributed by atoms with van der Waals surface area (Å²) in [5, 5.41) is 9.76. The zero-order valence-electron chi connectivity index (χ0n) is 11.0. The first-order chi connectivity index (χ1) is 9.11. The summed E-state index contributed by atoms with van der Waals surface area (Å²) in [6, 6.07) is 5.31. The van der Waals surface area contributed by atoms with Gasteiger partial charge < -0.3 is 20.3 Å². The van der Waals surface area contributed by atoms with E-state index in [0.29, 0.717) is 25.2 Å². The van der Waals surface area contributed by atoms with Crippen molar-refractivity contribution < 1.29 is 19.4 Å². The standard InChI is InChI=1S/C14H19NO4/c1-2-18-14(17)8-19-13-5-3-4-9-6-12(16)11(15)7-10(9)13/h3-5,11-12,16H,2,6-8,15H2,1H3. The van der Waals surface area contributed by atoms with Gasteiger partial charge in [-0.15, -0.1) is 0 Å². The molecule has 0 bridgehead atoms. The Hall–Kier alpha value is -1.59. The maximum atomic E-state index is 11.3. The Labute approximate surface area is 112 Å². The Morgan fingerprint density at radius 3 is 3.00 bits per heavy atom. The lowest BCUT2D eigenvalue weighted by Crippen LogP contribution is -2.41. The Kier molecular flexibility index (Phi) is 4.39. The molecular formula is C14H19NO4. The molecule has 0 fully saturated rings. The van der Waals surface area contributed by atoms with Gasteiger partial charge in [-0.25, -0.2) is 4.79 Å². The van der Waals surface area contributed by atoms with Gasteiger partial charge in [-0.05, 0) is 30.5 Å². The summed E-state index contributed by atoms with van der Waals surface area (Å²) in [6.45, 7) is 1.98. The largest absolute Gasteiger partial charge is 0.482 e. The second kappa shape index (κ2) is 6.04. The van der Waals surface area contributed by atoms with E-state index in [1.807, 2.05) is 18.2 Å². The van der Waals surface area contributed by atoms with Crippen LogP contribution in [0.4, 0.5) is 0 Å². The highest BCUT2D eigenvalue weighted by Gasteiger charge is 2.26. The predicted octanol–water partition coefficient (Wildman–Crippen LogP) is 0.415. The number of fused-ring (bicyclic) bond motifs is 1. The second-order valence-electron chi connectivity index (χ2n) is 4.63. The number of benzene rings is 1. The Morgan fingerprint density at radius 2 is 2.26 bits per heavy atom. The van der Waals surface area contributed by atoms with Crippen molar-refractivity contribution in [3.8, 4) is 5.75 Å². The van der Waals surface area contributed by atoms with E-state index >= 15 is 0 Å². The molecule has 19 heavy (non-hydrogen) atoms. The van der Waals surface area contributed by atoms with E-state index in [0.717, 1.165) is 11.1 Å². The number of carbonyl (C=O) groups is 1. The topological polar surface area (TPSA) is 81.8 Å². The molecule has 5 nitrogen and oxygen atoms in total. The van der Waals surface area contributed by atoms with Crippen LogP contribution in [0, 0.1) is 0 Å². The number of aliphatic hydroxyl groups is 1. The lowest BCUT2D eigenvalue weighted by Gasteiger charge is -2.28. The van der Waals surface area contributed by atoms with Gasteiger partial charge in [0.15, 0.2) is 6.61 Å². The summed E-state index contributed by atoms with van der Waals surface area (Å²) >= 11 is 0. The van der Waals surface area contributed by atoms with Gasteiger partial charge in [-0.3, -0.25) is 0 Å². The van der Waals surface area contributed by atoms with Gasteiger partial charge in [0.1, 0.15) is 5.75 Å². The first kappa shape index (κ1) is 13.8. The van der Waals surface area contributed by atoms with Crippen LogP contribution in [0.1, 0.15) is 18.1 Å². The van der Waals surface area contributed by atoms with E-state index in [1.54, 1.807) is 6.92 Å². The smallest absolute Gasteiger partial charge is 0.344 e. The normalized spacial score (nSPS) is 21.6. The van der Waals surface area contributed by atoms with Gasteiger partial charge in [0.2, 0.25) is 0 Å². The molecule has 0 aromatic heterocycles. The van der Waals surface area contributed by atoms with Gasteiger partial charge in [0, 0.05) is 12.5 Å². The van der Waals surface area contributed by atoms with Crippen LogP contribution in [0.2, 0.25) is 0 Å². The van der Waals surface area contributed by atoms with Crippen molar-refractivity contribution in [2.24, 2.45) is 5.73 Å². The van der Waals surface area contributed by atoms with E-state index in [2.05, 4.69) is 0 Å². The fourth-order valence-electron chi connectivity index (χ4n) is 2.26. The van der Waals surface area contributed by atoms with E-state index < -0.39 is 6.10 Å². The molecular weight excluding hydrogens is 246 g/mol. The molecule has 0 radical (unpaired) electrons. The average Bonchev–Trinajstić information content (AvgIpc) is 2.38. The van der Waals surface area contributed by atoms with Crippen molar-refractivity contribution in [2.45, 2.75) is 31.9 Å². The number of esters is 1. The number of hydrogen-bond donors (Lipinski definition) is 2. The lowest BCUT2D eigenvalue weighted by molar-refractivity contribution is -0.145. The summed E-state index contributed by atoms with van der Waals surface area (Å²) in [7, 11) is 0. The molecule has 0 spiro atoms. The van der Waals surface area contributed by atoms with Crippen molar-refractivity contribution in [1.29, 1.82) is 0 Å². The summed E-state index contributed by atoms with van der Waals surface area (Å²) in [5.41, 5.74) is 7.87. The van der Waals surface area contributed by atoms with Crippen LogP contribution in [-0.2, 0) is 22.4 Å². The van der Waals surface area contributed by atoms with E-state index in [9.17, 15) is 9.90 Å². The quantitative estimate of drug-likeness (QED) is 0.771. The molecule has 2 unspecified atom stereocenters. The fraction of sp³-hybridized carbons (Fsp3) is 0.500. The number of hydrogen-bond acceptors (Lipinski definition) is 5. The third kappa shape index (κ3) is 3.24. The Bertz CT molecular complexity index is 461. The molecule has 0 saturated heterocycles. The predicted molar refractivity (Wildman–Crippen MR) is 70.0 cm³/mol. The molecule has 0 aliphatic heterocycles. The highest BCUT2D eigenvalue weighted by atomic mass is 16.6. The molecule has 1 aromatic rings. The van der Waals surface area contributed by atoms with Gasteiger partial charge in [0.25, 0.3) is 0 Å². The van der Waals surface area contributed by atoms with Gasteiger partial charge >= 0.3 is 5.97 Å². The molecule has 2 atom stereocenters. The first-order valence-corrected chi connectivity index (χ1v) is 6.44. The Balaban J connectivity index is 2.10. The number of nitrogens with two attached hydrogens (primary N) is 1. The Morgan fingerprint density at radius 1 is 1.47 bits per heavy atom. The monoisotopic (exact) mass is 265 g/mol. The van der Waals surface area contributed by atoms with Crippen LogP contribution in [0.3, 0.4) is 0 Å². The second-order valence-corrected chi connectivity index (χ2v) is 4.63. The van der Waals surface area contributed by atoms with Gasteiger partial charge in [-0.1, -0.05) is 12.1 Å². The van der Waals surface area contributed by atoms with E-state index in [4.69, 9.17) is 15.2 Å². The minimum absolute atomic E-state index is 0.109. The minimum atomic E-state index is -0.521. The third-order valence-corrected chi connectivity index (χ3v) is 3.24. The van der Waals surface area contributed by atoms with Gasteiger partial charge in [-0.2, -0.15) is 0 Å². The van der Waals surface area contributed by atoms with Crippen LogP contribution in [0.25, 0.3) is 0 Å². The van der Waals surface area contributed by atoms with Crippen molar-refractivity contribution in [2.75, 3.05) is 13.2 Å². The van der Waals surface area contributed by atoms with Crippen LogP contribution in [-0.4, -0.2) is 36.4 Å². The SMILES string of the molecule is CCOC(=O)COc1cccc2c1CC(N)C(O)C2. The zero-order chi connectivity index (χ0) is 13.8. The van der Waals surface area contributed by atoms with Crippen LogP contribution < -0.4 is 10.5 Å². The highest BCUT2D eigenvalue weighted by molar-refractivity contribution is 5.71. The number of aliphatic hydroxyl groups excluding tert-OH is 1. The number of ether oxygens (including phenoxy) is 2. The van der Waals surface area contributed by atoms with Crippen molar-refractivity contribution in [1.82, 2.24) is 0 Å². The molecule has 104 valence electrons. The molecule has 1 aliphatic rings. The average molecular weight is 265 g/mol. The maximum absolute atomic E-state index is 11.3. The van der Waals surface area contributed by atoms with Crippen molar-refractivity contribution in [3.05, 3.63) is 29.3 Å². The minimum Gasteiger partial charge on any atom is -0.482 e. The number of rotatable bonds is 4. The van der Waals surface area contributed by atoms with Crippen LogP contribution in [0.15, 0.2) is 18.2 Å². The molecule has 0 heterocycles. The summed E-state index contributed by atoms with van der Waals surface area (Å²) in [6.07, 6.45) is 0.551. The highest BCUT2D eigenvalue weighted by Crippen LogP contribution is 2.29. The van der Waals surface area contributed by atoms with Crippen molar-refractivity contribution in [3.63, 3.8) is 0 Å². The summed E-state index contributed by atoms with van der Waals surface area (Å²) in [4.78, 5) is 11.3. The van der Waals surface area contributed by atoms with Crippen LogP contribution >= 0.6 is 0 Å². The number of carbonyl (C=O) groups excluding carboxylic acids is 1. The summed E-state index contributed by atoms with van der Waals surface area (Å²) in [5.74, 6) is 0.258. The zero-order valence-corrected chi connectivity index (χ0v) is 11.0. The molecule has 0 amide bonds. The molecule has 1 aliphatic carbocycles. The lowest BCUT2D eigenvalue weighted by atomic mass is 9.86. The maximum Gasteiger partial charge on any atom is 0.344 e. The molecule has 0 saturated carbocycles. The first-order valence-electron chi connectivity index (χ1n) is 6.44. The van der Waals surface area contributed by atoms with E-state index in [-0.39, 0.29) is 18.6 Å². The molecule has 5 heteroatoms. The molecule has 2 rings (SSSR count).